The largest absolute Gasteiger partial charge is 0.444 e. The number of fused-ring (bicyclic) bond motifs is 1. The number of hydrogen-bond donors (Lipinski definition) is 0. The van der Waals surface area contributed by atoms with Gasteiger partial charge in [0.1, 0.15) is 5.60 Å². The van der Waals surface area contributed by atoms with Crippen molar-refractivity contribution in [3.05, 3.63) is 35.4 Å². The van der Waals surface area contributed by atoms with E-state index in [2.05, 4.69) is 0 Å². The molecule has 1 aliphatic rings. The molecule has 0 fully saturated rings. The van der Waals surface area contributed by atoms with Gasteiger partial charge in [-0.25, -0.2) is 4.79 Å². The molecule has 0 saturated carbocycles. The van der Waals surface area contributed by atoms with E-state index in [1.807, 2.05) is 45.0 Å². The minimum absolute atomic E-state index is 0.0287. The van der Waals surface area contributed by atoms with Crippen molar-refractivity contribution in [2.45, 2.75) is 32.8 Å². The van der Waals surface area contributed by atoms with Crippen molar-refractivity contribution >= 4 is 11.9 Å². The maximum Gasteiger partial charge on any atom is 0.410 e. The van der Waals surface area contributed by atoms with Crippen LogP contribution in [0.1, 0.15) is 36.7 Å². The Morgan fingerprint density at radius 2 is 1.95 bits per heavy atom. The number of ketones is 1. The predicted octanol–water partition coefficient (Wildman–Crippen LogP) is 2.66. The summed E-state index contributed by atoms with van der Waals surface area (Å²) in [6.45, 7) is 6.06. The third-order valence-electron chi connectivity index (χ3n) is 2.95. The van der Waals surface area contributed by atoms with Crippen molar-refractivity contribution in [2.24, 2.45) is 0 Å². The Kier molecular flexibility index (Phi) is 3.60. The van der Waals surface area contributed by atoms with Gasteiger partial charge in [-0.15, -0.1) is 0 Å². The monoisotopic (exact) mass is 261 g/mol. The van der Waals surface area contributed by atoms with E-state index < -0.39 is 11.7 Å². The van der Waals surface area contributed by atoms with Crippen molar-refractivity contribution in [2.75, 3.05) is 13.1 Å². The predicted molar refractivity (Wildman–Crippen MR) is 72.3 cm³/mol. The fraction of sp³-hybridized carbons (Fsp3) is 0.467. The van der Waals surface area contributed by atoms with Gasteiger partial charge in [0.15, 0.2) is 5.78 Å². The van der Waals surface area contributed by atoms with Crippen LogP contribution in [0.4, 0.5) is 4.79 Å². The molecule has 0 radical (unpaired) electrons. The Morgan fingerprint density at radius 3 is 2.63 bits per heavy atom. The van der Waals surface area contributed by atoms with Crippen molar-refractivity contribution in [1.82, 2.24) is 4.90 Å². The molecule has 0 bridgehead atoms. The zero-order valence-electron chi connectivity index (χ0n) is 11.6. The highest BCUT2D eigenvalue weighted by atomic mass is 16.6. The highest BCUT2D eigenvalue weighted by Gasteiger charge is 2.27. The zero-order valence-corrected chi connectivity index (χ0v) is 11.6. The van der Waals surface area contributed by atoms with Crippen LogP contribution in [0.3, 0.4) is 0 Å². The molecule has 0 saturated heterocycles. The smallest absolute Gasteiger partial charge is 0.410 e. The number of Topliss-reactive ketones (excluding diaryl/α,β-unsaturated/α-hetero) is 1. The van der Waals surface area contributed by atoms with Gasteiger partial charge in [0, 0.05) is 12.1 Å². The molecule has 19 heavy (non-hydrogen) atoms. The average Bonchev–Trinajstić information content (AvgIpc) is 2.48. The standard InChI is InChI=1S/C15H19NO3/c1-15(2,3)19-14(18)16-9-8-11-6-4-5-7-12(11)13(17)10-16/h4-7H,8-10H2,1-3H3. The molecule has 0 atom stereocenters. The summed E-state index contributed by atoms with van der Waals surface area (Å²) in [5, 5.41) is 0. The summed E-state index contributed by atoms with van der Waals surface area (Å²) in [5.74, 6) is -0.0287. The molecule has 1 aliphatic heterocycles. The maximum absolute atomic E-state index is 12.1. The van der Waals surface area contributed by atoms with E-state index in [-0.39, 0.29) is 12.3 Å². The Labute approximate surface area is 113 Å². The van der Waals surface area contributed by atoms with Crippen LogP contribution in [0.5, 0.6) is 0 Å². The number of carbonyl (C=O) groups excluding carboxylic acids is 2. The maximum atomic E-state index is 12.1. The molecule has 4 heteroatoms. The third kappa shape index (κ3) is 3.34. The topological polar surface area (TPSA) is 46.6 Å². The van der Waals surface area contributed by atoms with Crippen LogP contribution >= 0.6 is 0 Å². The number of hydrogen-bond acceptors (Lipinski definition) is 3. The van der Waals surface area contributed by atoms with E-state index in [0.717, 1.165) is 5.56 Å². The van der Waals surface area contributed by atoms with E-state index in [9.17, 15) is 9.59 Å². The Bertz CT molecular complexity index is 502. The van der Waals surface area contributed by atoms with Gasteiger partial charge < -0.3 is 9.64 Å². The summed E-state index contributed by atoms with van der Waals surface area (Å²) < 4.78 is 5.31. The van der Waals surface area contributed by atoms with Crippen molar-refractivity contribution in [1.29, 1.82) is 0 Å². The SMILES string of the molecule is CC(C)(C)OC(=O)N1CCc2ccccc2C(=O)C1. The summed E-state index contributed by atoms with van der Waals surface area (Å²) >= 11 is 0. The lowest BCUT2D eigenvalue weighted by atomic mass is 10.0. The molecule has 0 N–H and O–H groups in total. The Hall–Kier alpha value is -1.84. The minimum Gasteiger partial charge on any atom is -0.444 e. The molecule has 0 aromatic heterocycles. The van der Waals surface area contributed by atoms with Gasteiger partial charge in [-0.1, -0.05) is 24.3 Å². The Balaban J connectivity index is 2.13. The van der Waals surface area contributed by atoms with Crippen LogP contribution in [0, 0.1) is 0 Å². The second kappa shape index (κ2) is 5.03. The van der Waals surface area contributed by atoms with Crippen molar-refractivity contribution in [3.63, 3.8) is 0 Å². The van der Waals surface area contributed by atoms with Crippen molar-refractivity contribution < 1.29 is 14.3 Å². The summed E-state index contributed by atoms with van der Waals surface area (Å²) in [4.78, 5) is 25.6. The molecule has 102 valence electrons. The van der Waals surface area contributed by atoms with Crippen LogP contribution in [0.15, 0.2) is 24.3 Å². The lowest BCUT2D eigenvalue weighted by molar-refractivity contribution is 0.0254. The molecule has 2 rings (SSSR count). The van der Waals surface area contributed by atoms with Crippen LogP contribution in [0.2, 0.25) is 0 Å². The summed E-state index contributed by atoms with van der Waals surface area (Å²) in [6, 6.07) is 7.51. The van der Waals surface area contributed by atoms with Gasteiger partial charge in [0.2, 0.25) is 0 Å². The van der Waals surface area contributed by atoms with Gasteiger partial charge in [0.25, 0.3) is 0 Å². The lowest BCUT2D eigenvalue weighted by Gasteiger charge is -2.25. The minimum atomic E-state index is -0.542. The number of ether oxygens (including phenoxy) is 1. The van der Waals surface area contributed by atoms with E-state index in [0.29, 0.717) is 18.5 Å². The molecule has 1 aromatic carbocycles. The van der Waals surface area contributed by atoms with Gasteiger partial charge in [-0.2, -0.15) is 0 Å². The molecule has 1 aromatic rings. The summed E-state index contributed by atoms with van der Waals surface area (Å²) in [7, 11) is 0. The van der Waals surface area contributed by atoms with E-state index >= 15 is 0 Å². The number of rotatable bonds is 0. The normalized spacial score (nSPS) is 15.7. The summed E-state index contributed by atoms with van der Waals surface area (Å²) in [5.41, 5.74) is 1.17. The molecule has 1 heterocycles. The Morgan fingerprint density at radius 1 is 1.26 bits per heavy atom. The first kappa shape index (κ1) is 13.6. The number of amides is 1. The third-order valence-corrected chi connectivity index (χ3v) is 2.95. The lowest BCUT2D eigenvalue weighted by Crippen LogP contribution is -2.39. The van der Waals surface area contributed by atoms with Crippen LogP contribution in [0.25, 0.3) is 0 Å². The molecule has 0 unspecified atom stereocenters. The van der Waals surface area contributed by atoms with E-state index in [4.69, 9.17) is 4.74 Å². The second-order valence-corrected chi connectivity index (χ2v) is 5.73. The quantitative estimate of drug-likeness (QED) is 0.721. The fourth-order valence-electron chi connectivity index (χ4n) is 2.09. The van der Waals surface area contributed by atoms with Crippen LogP contribution in [-0.2, 0) is 11.2 Å². The first-order chi connectivity index (χ1) is 8.87. The molecular weight excluding hydrogens is 242 g/mol. The zero-order chi connectivity index (χ0) is 14.0. The highest BCUT2D eigenvalue weighted by Crippen LogP contribution is 2.17. The number of benzene rings is 1. The molecule has 0 aliphatic carbocycles. The van der Waals surface area contributed by atoms with Gasteiger partial charge in [-0.05, 0) is 32.8 Å². The number of carbonyl (C=O) groups is 2. The van der Waals surface area contributed by atoms with Gasteiger partial charge >= 0.3 is 6.09 Å². The van der Waals surface area contributed by atoms with Crippen LogP contribution < -0.4 is 0 Å². The second-order valence-electron chi connectivity index (χ2n) is 5.73. The van der Waals surface area contributed by atoms with Crippen LogP contribution in [-0.4, -0.2) is 35.5 Å². The first-order valence-electron chi connectivity index (χ1n) is 6.46. The van der Waals surface area contributed by atoms with Gasteiger partial charge in [-0.3, -0.25) is 4.79 Å². The first-order valence-corrected chi connectivity index (χ1v) is 6.46. The van der Waals surface area contributed by atoms with E-state index in [1.54, 1.807) is 0 Å². The van der Waals surface area contributed by atoms with Crippen molar-refractivity contribution in [3.8, 4) is 0 Å². The number of nitrogens with zero attached hydrogens (tertiary/aromatic N) is 1. The van der Waals surface area contributed by atoms with E-state index in [1.165, 1.54) is 4.90 Å². The molecule has 4 nitrogen and oxygen atoms in total. The highest BCUT2D eigenvalue weighted by molar-refractivity contribution is 6.00. The molecular formula is C15H19NO3. The summed E-state index contributed by atoms with van der Waals surface area (Å²) in [6.07, 6.45) is 0.259. The van der Waals surface area contributed by atoms with Gasteiger partial charge in [0.05, 0.1) is 6.54 Å². The fourth-order valence-corrected chi connectivity index (χ4v) is 2.09. The average molecular weight is 261 g/mol. The molecule has 1 amide bonds. The molecule has 0 spiro atoms.